The van der Waals surface area contributed by atoms with E-state index >= 15 is 0 Å². The Bertz CT molecular complexity index is 2040. The number of thiazole rings is 1. The molecule has 0 bridgehead atoms. The highest BCUT2D eigenvalue weighted by molar-refractivity contribution is 7.07. The summed E-state index contributed by atoms with van der Waals surface area (Å²) in [5, 5.41) is 1.09. The van der Waals surface area contributed by atoms with Crippen molar-refractivity contribution in [3.63, 3.8) is 0 Å². The second kappa shape index (κ2) is 11.7. The largest absolute Gasteiger partial charge is 0.463 e. The van der Waals surface area contributed by atoms with Crippen molar-refractivity contribution in [3.8, 4) is 0 Å². The number of hydrogen-bond donors (Lipinski definition) is 0. The van der Waals surface area contributed by atoms with Gasteiger partial charge in [0.05, 0.1) is 28.5 Å². The third-order valence-corrected chi connectivity index (χ3v) is 9.16. The Hall–Kier alpha value is -4.49. The van der Waals surface area contributed by atoms with Crippen LogP contribution in [0.2, 0.25) is 0 Å². The number of allylic oxidation sites excluding steroid dienone is 1. The maximum atomic E-state index is 14.3. The lowest BCUT2D eigenvalue weighted by atomic mass is 9.93. The van der Waals surface area contributed by atoms with Crippen LogP contribution in [0.5, 0.6) is 0 Å². The molecule has 5 aromatic rings. The molecule has 0 fully saturated rings. The minimum atomic E-state index is -0.626. The molecule has 3 aromatic carbocycles. The van der Waals surface area contributed by atoms with Crippen molar-refractivity contribution in [2.24, 2.45) is 4.99 Å². The van der Waals surface area contributed by atoms with E-state index in [4.69, 9.17) is 9.73 Å². The van der Waals surface area contributed by atoms with Crippen LogP contribution in [0.4, 0.5) is 0 Å². The summed E-state index contributed by atoms with van der Waals surface area (Å²) >= 11 is 1.36. The molecule has 1 atom stereocenters. The number of hydrogen-bond acceptors (Lipinski definition) is 5. The second-order valence-corrected chi connectivity index (χ2v) is 12.2. The molecular formula is C36H35N3O3S. The van der Waals surface area contributed by atoms with E-state index in [-0.39, 0.29) is 12.2 Å². The van der Waals surface area contributed by atoms with E-state index in [9.17, 15) is 9.59 Å². The predicted octanol–water partition coefficient (Wildman–Crippen LogP) is 6.23. The van der Waals surface area contributed by atoms with Gasteiger partial charge >= 0.3 is 5.97 Å². The van der Waals surface area contributed by atoms with Crippen molar-refractivity contribution in [2.75, 3.05) is 6.61 Å². The molecule has 0 saturated carbocycles. The first kappa shape index (κ1) is 28.6. The van der Waals surface area contributed by atoms with E-state index in [0.717, 1.165) is 34.3 Å². The number of aromatic nitrogens is 2. The molecule has 0 N–H and O–H groups in total. The minimum absolute atomic E-state index is 0.171. The SMILES string of the molecule is CCOC(=O)C1=C(C)N=c2sc(=Cc3c(C)n(Cc4ccccc4)c4ccccc34)c(=O)n2C1c1ccc(C(C)C)cc1. The van der Waals surface area contributed by atoms with Crippen LogP contribution < -0.4 is 14.9 Å². The van der Waals surface area contributed by atoms with Gasteiger partial charge in [0.1, 0.15) is 0 Å². The Morgan fingerprint density at radius 1 is 1.00 bits per heavy atom. The summed E-state index contributed by atoms with van der Waals surface area (Å²) in [6, 6.07) is 26.2. The van der Waals surface area contributed by atoms with Crippen molar-refractivity contribution < 1.29 is 9.53 Å². The normalized spacial score (nSPS) is 15.2. The van der Waals surface area contributed by atoms with E-state index in [2.05, 4.69) is 73.9 Å². The number of benzene rings is 3. The van der Waals surface area contributed by atoms with Crippen LogP contribution in [0.25, 0.3) is 17.0 Å². The molecule has 0 spiro atoms. The van der Waals surface area contributed by atoms with Crippen LogP contribution >= 0.6 is 11.3 Å². The van der Waals surface area contributed by atoms with Crippen LogP contribution in [0.15, 0.2) is 99.9 Å². The highest BCUT2D eigenvalue weighted by atomic mass is 32.1. The lowest BCUT2D eigenvalue weighted by Crippen LogP contribution is -2.40. The van der Waals surface area contributed by atoms with Crippen molar-refractivity contribution in [1.82, 2.24) is 9.13 Å². The highest BCUT2D eigenvalue weighted by Crippen LogP contribution is 2.32. The number of fused-ring (bicyclic) bond motifs is 2. The Labute approximate surface area is 254 Å². The van der Waals surface area contributed by atoms with Gasteiger partial charge in [0, 0.05) is 28.7 Å². The van der Waals surface area contributed by atoms with E-state index in [0.29, 0.717) is 26.5 Å². The van der Waals surface area contributed by atoms with Crippen LogP contribution in [0.3, 0.4) is 0 Å². The summed E-state index contributed by atoms with van der Waals surface area (Å²) in [6.45, 7) is 11.0. The standard InChI is InChI=1S/C36H35N3O3S/c1-6-42-35(41)32-23(4)37-36-39(33(32)27-18-16-26(17-19-27)22(2)3)34(40)31(43-36)20-29-24(5)38(21-25-12-8-7-9-13-25)30-15-11-10-14-28(29)30/h7-20,22,33H,6,21H2,1-5H3. The van der Waals surface area contributed by atoms with Gasteiger partial charge in [0.15, 0.2) is 4.80 Å². The molecule has 1 aliphatic rings. The number of rotatable bonds is 7. The van der Waals surface area contributed by atoms with Crippen molar-refractivity contribution in [3.05, 3.63) is 138 Å². The molecule has 6 nitrogen and oxygen atoms in total. The van der Waals surface area contributed by atoms with Gasteiger partial charge < -0.3 is 9.30 Å². The predicted molar refractivity (Wildman–Crippen MR) is 173 cm³/mol. The van der Waals surface area contributed by atoms with Gasteiger partial charge in [0.25, 0.3) is 5.56 Å². The van der Waals surface area contributed by atoms with Crippen LogP contribution in [0.1, 0.15) is 67.6 Å². The molecule has 0 saturated heterocycles. The zero-order valence-corrected chi connectivity index (χ0v) is 25.9. The van der Waals surface area contributed by atoms with Gasteiger partial charge in [-0.25, -0.2) is 9.79 Å². The van der Waals surface area contributed by atoms with Crippen molar-refractivity contribution in [2.45, 2.75) is 53.1 Å². The van der Waals surface area contributed by atoms with E-state index in [1.54, 1.807) is 11.5 Å². The summed E-state index contributed by atoms with van der Waals surface area (Å²) in [5.41, 5.74) is 7.26. The molecule has 0 aliphatic carbocycles. The maximum Gasteiger partial charge on any atom is 0.338 e. The second-order valence-electron chi connectivity index (χ2n) is 11.2. The van der Waals surface area contributed by atoms with Gasteiger partial charge in [-0.1, -0.05) is 98.0 Å². The van der Waals surface area contributed by atoms with Crippen molar-refractivity contribution in [1.29, 1.82) is 0 Å². The fraction of sp³-hybridized carbons (Fsp3) is 0.250. The lowest BCUT2D eigenvalue weighted by Gasteiger charge is -2.25. The zero-order chi connectivity index (χ0) is 30.2. The fourth-order valence-corrected chi connectivity index (χ4v) is 6.94. The van der Waals surface area contributed by atoms with Gasteiger partial charge in [0.2, 0.25) is 0 Å². The van der Waals surface area contributed by atoms with Crippen LogP contribution in [-0.2, 0) is 16.1 Å². The third kappa shape index (κ3) is 5.19. The van der Waals surface area contributed by atoms with E-state index in [1.165, 1.54) is 22.5 Å². The summed E-state index contributed by atoms with van der Waals surface area (Å²) in [5.74, 6) is -0.0825. The number of esters is 1. The molecular weight excluding hydrogens is 554 g/mol. The Balaban J connectivity index is 1.54. The third-order valence-electron chi connectivity index (χ3n) is 8.17. The van der Waals surface area contributed by atoms with E-state index in [1.807, 2.05) is 43.3 Å². The van der Waals surface area contributed by atoms with Gasteiger partial charge in [-0.3, -0.25) is 9.36 Å². The minimum Gasteiger partial charge on any atom is -0.463 e. The molecule has 3 heterocycles. The topological polar surface area (TPSA) is 65.6 Å². The molecule has 0 radical (unpaired) electrons. The van der Waals surface area contributed by atoms with Crippen molar-refractivity contribution >= 4 is 34.3 Å². The molecule has 1 unspecified atom stereocenters. The molecule has 6 rings (SSSR count). The van der Waals surface area contributed by atoms with Gasteiger partial charge in [-0.2, -0.15) is 0 Å². The summed E-state index contributed by atoms with van der Waals surface area (Å²) < 4.78 is 10.0. The number of carbonyl (C=O) groups excluding carboxylic acids is 1. The Kier molecular flexibility index (Phi) is 7.75. The van der Waals surface area contributed by atoms with Gasteiger partial charge in [-0.05, 0) is 55.5 Å². The monoisotopic (exact) mass is 589 g/mol. The van der Waals surface area contributed by atoms with Gasteiger partial charge in [-0.15, -0.1) is 0 Å². The zero-order valence-electron chi connectivity index (χ0n) is 25.1. The molecule has 43 heavy (non-hydrogen) atoms. The number of nitrogens with zero attached hydrogens (tertiary/aromatic N) is 3. The first-order valence-corrected chi connectivity index (χ1v) is 15.5. The van der Waals surface area contributed by atoms with Crippen LogP contribution in [-0.4, -0.2) is 21.7 Å². The summed E-state index contributed by atoms with van der Waals surface area (Å²) in [6.07, 6.45) is 1.99. The van der Waals surface area contributed by atoms with E-state index < -0.39 is 12.0 Å². The van der Waals surface area contributed by atoms with Crippen LogP contribution in [0, 0.1) is 6.92 Å². The number of ether oxygens (including phenoxy) is 1. The average molecular weight is 590 g/mol. The average Bonchev–Trinajstić information content (AvgIpc) is 3.45. The molecule has 2 aromatic heterocycles. The number of para-hydroxylation sites is 1. The smallest absolute Gasteiger partial charge is 0.338 e. The fourth-order valence-electron chi connectivity index (χ4n) is 5.91. The maximum absolute atomic E-state index is 14.3. The summed E-state index contributed by atoms with van der Waals surface area (Å²) in [4.78, 5) is 32.9. The molecule has 0 amide bonds. The highest BCUT2D eigenvalue weighted by Gasteiger charge is 2.33. The lowest BCUT2D eigenvalue weighted by molar-refractivity contribution is -0.139. The Morgan fingerprint density at radius 3 is 2.40 bits per heavy atom. The first-order valence-electron chi connectivity index (χ1n) is 14.7. The molecule has 7 heteroatoms. The first-order chi connectivity index (χ1) is 20.8. The molecule has 1 aliphatic heterocycles. The quantitative estimate of drug-likeness (QED) is 0.211. The number of carbonyl (C=O) groups is 1. The summed E-state index contributed by atoms with van der Waals surface area (Å²) in [7, 11) is 0. The molecule has 218 valence electrons. The Morgan fingerprint density at radius 2 is 1.70 bits per heavy atom.